The number of ether oxygens (including phenoxy) is 1. The van der Waals surface area contributed by atoms with E-state index in [0.29, 0.717) is 24.4 Å². The highest BCUT2D eigenvalue weighted by atomic mass is 16.5. The molecule has 0 aliphatic carbocycles. The van der Waals surface area contributed by atoms with Gasteiger partial charge in [0, 0.05) is 43.9 Å². The number of amidine groups is 1. The average Bonchev–Trinajstić information content (AvgIpc) is 3.18. The Bertz CT molecular complexity index is 1210. The van der Waals surface area contributed by atoms with Gasteiger partial charge < -0.3 is 20.3 Å². The maximum Gasteiger partial charge on any atom is 0.150 e. The van der Waals surface area contributed by atoms with Crippen molar-refractivity contribution in [1.82, 2.24) is 9.80 Å². The number of hydrogen-bond acceptors (Lipinski definition) is 6. The van der Waals surface area contributed by atoms with Crippen molar-refractivity contribution in [2.75, 3.05) is 47.4 Å². The number of nitrogens with two attached hydrogens (primary N) is 1. The molecule has 1 aliphatic rings. The molecule has 0 spiro atoms. The summed E-state index contributed by atoms with van der Waals surface area (Å²) < 4.78 is 5.16. The molecule has 0 bridgehead atoms. The van der Waals surface area contributed by atoms with E-state index in [9.17, 15) is 4.79 Å². The van der Waals surface area contributed by atoms with Gasteiger partial charge in [0.2, 0.25) is 0 Å². The molecule has 6 heteroatoms. The molecule has 44 heavy (non-hydrogen) atoms. The third-order valence-corrected chi connectivity index (χ3v) is 6.64. The lowest BCUT2D eigenvalue weighted by Crippen LogP contribution is -2.20. The molecule has 0 saturated carbocycles. The Morgan fingerprint density at radius 3 is 2.11 bits per heavy atom. The number of nitrogens with zero attached hydrogens (tertiary/aromatic N) is 3. The van der Waals surface area contributed by atoms with Crippen LogP contribution in [0.2, 0.25) is 0 Å². The van der Waals surface area contributed by atoms with Gasteiger partial charge in [0.15, 0.2) is 6.29 Å². The van der Waals surface area contributed by atoms with Gasteiger partial charge in [-0.1, -0.05) is 84.9 Å². The van der Waals surface area contributed by atoms with Gasteiger partial charge in [0.05, 0.1) is 12.3 Å². The smallest absolute Gasteiger partial charge is 0.150 e. The topological polar surface area (TPSA) is 71.2 Å². The Kier molecular flexibility index (Phi) is 22.0. The fourth-order valence-corrected chi connectivity index (χ4v) is 4.33. The van der Waals surface area contributed by atoms with Gasteiger partial charge in [-0.15, -0.1) is 0 Å². The number of methoxy groups -OCH3 is 1. The van der Waals surface area contributed by atoms with Crippen LogP contribution in [0.25, 0.3) is 23.3 Å². The number of benzene rings is 2. The lowest BCUT2D eigenvalue weighted by atomic mass is 9.97. The zero-order valence-electron chi connectivity index (χ0n) is 29.4. The fraction of sp³-hybridized carbons (Fsp3) is 0.474. The van der Waals surface area contributed by atoms with E-state index in [2.05, 4.69) is 68.3 Å². The van der Waals surface area contributed by atoms with Gasteiger partial charge in [-0.2, -0.15) is 0 Å². The molecule has 0 atom stereocenters. The number of aldehydes is 1. The van der Waals surface area contributed by atoms with Gasteiger partial charge in [-0.25, -0.2) is 4.99 Å². The number of rotatable bonds is 12. The second-order valence-corrected chi connectivity index (χ2v) is 10.6. The van der Waals surface area contributed by atoms with Crippen molar-refractivity contribution in [3.63, 3.8) is 0 Å². The van der Waals surface area contributed by atoms with E-state index in [1.807, 2.05) is 70.3 Å². The molecule has 0 aromatic heterocycles. The first-order valence-corrected chi connectivity index (χ1v) is 16.1. The van der Waals surface area contributed by atoms with Gasteiger partial charge in [0.1, 0.15) is 5.84 Å². The average molecular weight is 605 g/mol. The quantitative estimate of drug-likeness (QED) is 0.245. The standard InChI is InChI=1S/C26H29N3O2.C7H17N.C3H8.C2H6/c1-5-19-13-22-8-6-21(16-25(22)28-26(27)14-19)20-7-9-23(17-30)24(15-20)12-18(2)29(3)10-11-31-4;1-4-6-8(3)7-5-2;1-3-2;1-2/h5-9,12-13,15-17H,1,10-11,14H2,2-4H3,(H2,27,28);4-7H2,1-3H3;3H2,1-2H3;1-2H3/b18-12-;;;. The van der Waals surface area contributed by atoms with Crippen LogP contribution in [-0.4, -0.2) is 69.4 Å². The van der Waals surface area contributed by atoms with Crippen molar-refractivity contribution in [3.8, 4) is 11.1 Å². The summed E-state index contributed by atoms with van der Waals surface area (Å²) in [6.07, 6.45) is 11.2. The first-order valence-electron chi connectivity index (χ1n) is 16.1. The number of carbonyl (C=O) groups excluding carboxylic acids is 1. The molecule has 0 amide bonds. The highest BCUT2D eigenvalue weighted by Gasteiger charge is 2.11. The number of aliphatic imine (C=N–C) groups is 1. The van der Waals surface area contributed by atoms with Crippen LogP contribution in [0, 0.1) is 0 Å². The van der Waals surface area contributed by atoms with Crippen molar-refractivity contribution < 1.29 is 9.53 Å². The van der Waals surface area contributed by atoms with Crippen molar-refractivity contribution in [2.45, 2.75) is 74.1 Å². The Hall–Kier alpha value is -3.48. The molecule has 0 fully saturated rings. The van der Waals surface area contributed by atoms with Crippen LogP contribution in [0.1, 0.15) is 95.6 Å². The summed E-state index contributed by atoms with van der Waals surface area (Å²) in [5.74, 6) is 0.566. The Labute approximate surface area is 269 Å². The SMILES string of the molecule is C=CC1=Cc2ccc(-c3ccc(C=O)c(/C=C(/C)N(C)CCOC)c3)cc2N=C(N)C1.CC.CCC.CCCN(C)CCC. The van der Waals surface area contributed by atoms with Crippen molar-refractivity contribution in [3.05, 3.63) is 77.0 Å². The summed E-state index contributed by atoms with van der Waals surface area (Å²) in [6.45, 7) is 22.5. The summed E-state index contributed by atoms with van der Waals surface area (Å²) in [5.41, 5.74) is 13.6. The van der Waals surface area contributed by atoms with Gasteiger partial charge in [0.25, 0.3) is 0 Å². The normalized spacial score (nSPS) is 12.0. The number of hydrogen-bond donors (Lipinski definition) is 1. The molecule has 0 radical (unpaired) electrons. The van der Waals surface area contributed by atoms with E-state index in [4.69, 9.17) is 10.5 Å². The molecule has 6 nitrogen and oxygen atoms in total. The van der Waals surface area contributed by atoms with E-state index < -0.39 is 0 Å². The van der Waals surface area contributed by atoms with Crippen molar-refractivity contribution in [2.24, 2.45) is 10.7 Å². The second kappa shape index (κ2) is 23.9. The molecule has 0 saturated heterocycles. The zero-order valence-corrected chi connectivity index (χ0v) is 29.4. The highest BCUT2D eigenvalue weighted by molar-refractivity contribution is 5.92. The summed E-state index contributed by atoms with van der Waals surface area (Å²) in [5, 5.41) is 0. The number of allylic oxidation sites excluding steroid dienone is 2. The third-order valence-electron chi connectivity index (χ3n) is 6.64. The zero-order chi connectivity index (χ0) is 33.5. The van der Waals surface area contributed by atoms with E-state index in [1.165, 1.54) is 32.4 Å². The van der Waals surface area contributed by atoms with Gasteiger partial charge >= 0.3 is 0 Å². The number of fused-ring (bicyclic) bond motifs is 1. The minimum Gasteiger partial charge on any atom is -0.387 e. The maximum atomic E-state index is 11.6. The summed E-state index contributed by atoms with van der Waals surface area (Å²) in [6, 6.07) is 12.0. The van der Waals surface area contributed by atoms with Crippen LogP contribution in [0.4, 0.5) is 5.69 Å². The lowest BCUT2D eigenvalue weighted by Gasteiger charge is -2.19. The Morgan fingerprint density at radius 1 is 0.977 bits per heavy atom. The van der Waals surface area contributed by atoms with Gasteiger partial charge in [-0.05, 0) is 86.5 Å². The Balaban J connectivity index is 0.00000121. The molecular weight excluding hydrogens is 544 g/mol. The van der Waals surface area contributed by atoms with Crippen LogP contribution >= 0.6 is 0 Å². The van der Waals surface area contributed by atoms with E-state index in [1.54, 1.807) is 7.11 Å². The minimum absolute atomic E-state index is 0.566. The molecule has 1 aliphatic heterocycles. The number of likely N-dealkylation sites (N-methyl/N-ethyl adjacent to an activating group) is 1. The Morgan fingerprint density at radius 2 is 1.57 bits per heavy atom. The van der Waals surface area contributed by atoms with Crippen LogP contribution in [0.5, 0.6) is 0 Å². The van der Waals surface area contributed by atoms with E-state index in [-0.39, 0.29) is 0 Å². The summed E-state index contributed by atoms with van der Waals surface area (Å²) in [4.78, 5) is 20.7. The summed E-state index contributed by atoms with van der Waals surface area (Å²) >= 11 is 0. The summed E-state index contributed by atoms with van der Waals surface area (Å²) in [7, 11) is 5.87. The molecular formula is C38H60N4O2. The molecule has 1 heterocycles. The molecule has 3 rings (SSSR count). The molecule has 2 aromatic rings. The second-order valence-electron chi connectivity index (χ2n) is 10.6. The molecule has 244 valence electrons. The van der Waals surface area contributed by atoms with Crippen molar-refractivity contribution >= 4 is 30.0 Å². The van der Waals surface area contributed by atoms with Crippen LogP contribution < -0.4 is 5.73 Å². The lowest BCUT2D eigenvalue weighted by molar-refractivity contribution is 0.112. The van der Waals surface area contributed by atoms with E-state index in [0.717, 1.165) is 52.0 Å². The minimum atomic E-state index is 0.566. The molecule has 2 aromatic carbocycles. The van der Waals surface area contributed by atoms with E-state index >= 15 is 0 Å². The predicted molar refractivity (Wildman–Crippen MR) is 195 cm³/mol. The number of carbonyl (C=O) groups is 1. The molecule has 2 N–H and O–H groups in total. The first-order chi connectivity index (χ1) is 21.2. The van der Waals surface area contributed by atoms with Crippen LogP contribution in [-0.2, 0) is 4.74 Å². The molecule has 0 unspecified atom stereocenters. The van der Waals surface area contributed by atoms with Crippen LogP contribution in [0.3, 0.4) is 0 Å². The van der Waals surface area contributed by atoms with Crippen molar-refractivity contribution in [1.29, 1.82) is 0 Å². The van der Waals surface area contributed by atoms with Crippen LogP contribution in [0.15, 0.2) is 65.3 Å². The highest BCUT2D eigenvalue weighted by Crippen LogP contribution is 2.32. The monoisotopic (exact) mass is 604 g/mol. The fourth-order valence-electron chi connectivity index (χ4n) is 4.33. The largest absolute Gasteiger partial charge is 0.387 e. The third kappa shape index (κ3) is 14.8. The van der Waals surface area contributed by atoms with Gasteiger partial charge in [-0.3, -0.25) is 4.79 Å². The first kappa shape index (κ1) is 40.5. The predicted octanol–water partition coefficient (Wildman–Crippen LogP) is 9.25. The maximum absolute atomic E-state index is 11.6.